The standard InChI is InChI=1S/C3H4N2S/c4-3-5-1-2-6-3/h1-2H,(H2,4,5)/i1D,2D. The Labute approximate surface area is 42.4 Å². The van der Waals surface area contributed by atoms with Crippen LogP contribution >= 0.6 is 11.3 Å². The van der Waals surface area contributed by atoms with Crippen LogP contribution in [-0.4, -0.2) is 4.98 Å². The van der Waals surface area contributed by atoms with Gasteiger partial charge in [-0.05, 0) is 0 Å². The molecular weight excluding hydrogens is 96.1 g/mol. The van der Waals surface area contributed by atoms with Crippen molar-refractivity contribution in [2.24, 2.45) is 0 Å². The summed E-state index contributed by atoms with van der Waals surface area (Å²) in [6.07, 6.45) is -0.0347. The second-order valence-electron chi connectivity index (χ2n) is 0.766. The molecule has 2 nitrogen and oxygen atoms in total. The number of hydrogen-bond donors (Lipinski definition) is 1. The van der Waals surface area contributed by atoms with Gasteiger partial charge in [0.15, 0.2) is 5.13 Å². The van der Waals surface area contributed by atoms with E-state index in [1.54, 1.807) is 0 Å². The number of nitrogen functional groups attached to an aromatic ring is 1. The van der Waals surface area contributed by atoms with Gasteiger partial charge in [0, 0.05) is 11.5 Å². The summed E-state index contributed by atoms with van der Waals surface area (Å²) in [6, 6.07) is 0. The van der Waals surface area contributed by atoms with Crippen LogP contribution in [0.1, 0.15) is 2.74 Å². The van der Waals surface area contributed by atoms with Crippen molar-refractivity contribution in [2.75, 3.05) is 5.73 Å². The van der Waals surface area contributed by atoms with Crippen molar-refractivity contribution in [3.63, 3.8) is 0 Å². The maximum absolute atomic E-state index is 6.93. The first-order chi connectivity index (χ1) is 3.70. The molecule has 0 radical (unpaired) electrons. The molecule has 0 spiro atoms. The van der Waals surface area contributed by atoms with Crippen LogP contribution in [0.3, 0.4) is 0 Å². The third-order valence-electron chi connectivity index (χ3n) is 0.367. The highest BCUT2D eigenvalue weighted by Gasteiger charge is 1.76. The monoisotopic (exact) mass is 102 g/mol. The summed E-state index contributed by atoms with van der Waals surface area (Å²) in [5.41, 5.74) is 5.15. The molecule has 0 aliphatic heterocycles. The lowest BCUT2D eigenvalue weighted by Crippen LogP contribution is -1.77. The van der Waals surface area contributed by atoms with Gasteiger partial charge in [-0.3, -0.25) is 0 Å². The smallest absolute Gasteiger partial charge is 0.179 e. The molecule has 32 valence electrons. The summed E-state index contributed by atoms with van der Waals surface area (Å²) in [4.78, 5) is 3.49. The fraction of sp³-hybridized carbons (Fsp3) is 0. The maximum atomic E-state index is 6.93. The quantitative estimate of drug-likeness (QED) is 0.524. The molecular formula is C3H4N2S. The minimum Gasteiger partial charge on any atom is -0.375 e. The van der Waals surface area contributed by atoms with Gasteiger partial charge in [0.2, 0.25) is 0 Å². The zero-order chi connectivity index (χ0) is 6.15. The number of thiazole rings is 1. The van der Waals surface area contributed by atoms with Crippen molar-refractivity contribution in [1.82, 2.24) is 4.98 Å². The van der Waals surface area contributed by atoms with E-state index in [2.05, 4.69) is 4.98 Å². The van der Waals surface area contributed by atoms with E-state index < -0.39 is 0 Å². The molecule has 0 saturated heterocycles. The molecule has 1 heterocycles. The van der Waals surface area contributed by atoms with E-state index in [0.717, 1.165) is 11.3 Å². The molecule has 0 aromatic carbocycles. The van der Waals surface area contributed by atoms with E-state index in [-0.39, 0.29) is 11.5 Å². The van der Waals surface area contributed by atoms with E-state index in [4.69, 9.17) is 8.48 Å². The number of anilines is 1. The van der Waals surface area contributed by atoms with Crippen molar-refractivity contribution in [2.45, 2.75) is 0 Å². The van der Waals surface area contributed by atoms with E-state index in [0.29, 0.717) is 5.13 Å². The first-order valence-electron chi connectivity index (χ1n) is 2.39. The average Bonchev–Trinajstić information content (AvgIpc) is 1.85. The van der Waals surface area contributed by atoms with Crippen LogP contribution in [0.15, 0.2) is 11.5 Å². The Balaban J connectivity index is 3.14. The van der Waals surface area contributed by atoms with Crippen molar-refractivity contribution in [3.05, 3.63) is 11.5 Å². The van der Waals surface area contributed by atoms with Gasteiger partial charge in [-0.25, -0.2) is 4.98 Å². The SMILES string of the molecule is [2H]c1nc(N)sc1[2H]. The van der Waals surface area contributed by atoms with Gasteiger partial charge in [-0.15, -0.1) is 11.3 Å². The predicted molar refractivity (Wildman–Crippen MR) is 26.5 cm³/mol. The van der Waals surface area contributed by atoms with Gasteiger partial charge in [0.1, 0.15) is 0 Å². The highest BCUT2D eigenvalue weighted by atomic mass is 32.1. The molecule has 2 N–H and O–H groups in total. The Kier molecular flexibility index (Phi) is 0.406. The maximum Gasteiger partial charge on any atom is 0.179 e. The normalized spacial score (nSPS) is 13.3. The van der Waals surface area contributed by atoms with Gasteiger partial charge < -0.3 is 5.73 Å². The van der Waals surface area contributed by atoms with Crippen molar-refractivity contribution in [1.29, 1.82) is 0 Å². The summed E-state index contributed by atoms with van der Waals surface area (Å²) < 4.78 is 13.8. The Morgan fingerprint density at radius 3 is 3.17 bits per heavy atom. The van der Waals surface area contributed by atoms with Crippen LogP contribution in [0.2, 0.25) is 0 Å². The van der Waals surface area contributed by atoms with E-state index in [1.807, 2.05) is 0 Å². The topological polar surface area (TPSA) is 38.9 Å². The molecule has 0 atom stereocenters. The Hall–Kier alpha value is -0.570. The minimum atomic E-state index is -0.0347. The lowest BCUT2D eigenvalue weighted by molar-refractivity contribution is 1.43. The minimum absolute atomic E-state index is 0.0347. The highest BCUT2D eigenvalue weighted by molar-refractivity contribution is 7.13. The van der Waals surface area contributed by atoms with Crippen molar-refractivity contribution in [3.8, 4) is 0 Å². The molecule has 0 aliphatic carbocycles. The molecule has 0 aliphatic rings. The molecule has 0 saturated carbocycles. The van der Waals surface area contributed by atoms with E-state index in [9.17, 15) is 0 Å². The second kappa shape index (κ2) is 1.26. The van der Waals surface area contributed by atoms with Gasteiger partial charge in [-0.1, -0.05) is 0 Å². The second-order valence-corrected chi connectivity index (χ2v) is 1.59. The lowest BCUT2D eigenvalue weighted by atomic mass is 11.0. The van der Waals surface area contributed by atoms with Crippen molar-refractivity contribution >= 4 is 16.5 Å². The molecule has 3 heteroatoms. The first kappa shape index (κ1) is 1.93. The van der Waals surface area contributed by atoms with Crippen LogP contribution < -0.4 is 5.73 Å². The number of aromatic nitrogens is 1. The summed E-state index contributed by atoms with van der Waals surface area (Å²) in [5.74, 6) is 0. The van der Waals surface area contributed by atoms with Gasteiger partial charge >= 0.3 is 0 Å². The fourth-order valence-electron chi connectivity index (χ4n) is 0.176. The summed E-state index contributed by atoms with van der Waals surface area (Å²) in [5, 5.41) is 0.419. The van der Waals surface area contributed by atoms with Gasteiger partial charge in [0.25, 0.3) is 0 Å². The third-order valence-corrected chi connectivity index (χ3v) is 0.861. The number of hydrogen-bond acceptors (Lipinski definition) is 3. The number of rotatable bonds is 0. The van der Waals surface area contributed by atoms with Crippen LogP contribution in [-0.2, 0) is 0 Å². The molecule has 1 aromatic heterocycles. The molecule has 0 fully saturated rings. The number of nitrogens with two attached hydrogens (primary N) is 1. The molecule has 1 rings (SSSR count). The molecule has 0 amide bonds. The molecule has 6 heavy (non-hydrogen) atoms. The predicted octanol–water partition coefficient (Wildman–Crippen LogP) is 0.725. The highest BCUT2D eigenvalue weighted by Crippen LogP contribution is 2.02. The first-order valence-corrected chi connectivity index (χ1v) is 2.21. The average molecular weight is 102 g/mol. The van der Waals surface area contributed by atoms with Crippen LogP contribution in [0, 0.1) is 0 Å². The largest absolute Gasteiger partial charge is 0.375 e. The fourth-order valence-corrected chi connectivity index (χ4v) is 0.463. The van der Waals surface area contributed by atoms with Crippen molar-refractivity contribution < 1.29 is 2.74 Å². The Morgan fingerprint density at radius 2 is 3.00 bits per heavy atom. The molecule has 0 bridgehead atoms. The molecule has 0 unspecified atom stereocenters. The zero-order valence-corrected chi connectivity index (χ0v) is 3.75. The van der Waals surface area contributed by atoms with E-state index >= 15 is 0 Å². The summed E-state index contributed by atoms with van der Waals surface area (Å²) >= 11 is 1.02. The Bertz CT molecular complexity index is 178. The Morgan fingerprint density at radius 1 is 2.17 bits per heavy atom. The zero-order valence-electron chi connectivity index (χ0n) is 4.93. The van der Waals surface area contributed by atoms with Crippen LogP contribution in [0.25, 0.3) is 0 Å². The summed E-state index contributed by atoms with van der Waals surface area (Å²) in [6.45, 7) is 0. The van der Waals surface area contributed by atoms with Gasteiger partial charge in [0.05, 0.1) is 2.74 Å². The van der Waals surface area contributed by atoms with Crippen LogP contribution in [0.5, 0.6) is 0 Å². The van der Waals surface area contributed by atoms with Crippen LogP contribution in [0.4, 0.5) is 5.13 Å². The third kappa shape index (κ3) is 0.490. The van der Waals surface area contributed by atoms with Gasteiger partial charge in [-0.2, -0.15) is 0 Å². The summed E-state index contributed by atoms with van der Waals surface area (Å²) in [7, 11) is 0. The molecule has 1 aromatic rings. The number of nitrogens with zero attached hydrogens (tertiary/aromatic N) is 1. The lowest BCUT2D eigenvalue weighted by Gasteiger charge is -1.67. The van der Waals surface area contributed by atoms with E-state index in [1.165, 1.54) is 0 Å².